The third-order valence-corrected chi connectivity index (χ3v) is 3.83. The molecule has 0 saturated heterocycles. The average Bonchev–Trinajstić information content (AvgIpc) is 2.85. The maximum atomic E-state index is 11.4. The standard InChI is InChI=1S/C13H15N3O3S/c1-16-10(7-17)6-14-13(16)20-8-9-4-3-5-11(15-9)12(18)19-2/h3-6,17H,7-8H2,1-2H3. The highest BCUT2D eigenvalue weighted by molar-refractivity contribution is 7.98. The van der Waals surface area contributed by atoms with Gasteiger partial charge in [-0.05, 0) is 12.1 Å². The van der Waals surface area contributed by atoms with Crippen LogP contribution in [0.2, 0.25) is 0 Å². The van der Waals surface area contributed by atoms with Crippen LogP contribution in [-0.4, -0.2) is 32.7 Å². The molecule has 0 saturated carbocycles. The van der Waals surface area contributed by atoms with Gasteiger partial charge in [0.2, 0.25) is 0 Å². The molecule has 0 spiro atoms. The summed E-state index contributed by atoms with van der Waals surface area (Å²) in [4.78, 5) is 19.9. The summed E-state index contributed by atoms with van der Waals surface area (Å²) in [6.45, 7) is -0.0415. The van der Waals surface area contributed by atoms with E-state index in [4.69, 9.17) is 5.11 Å². The van der Waals surface area contributed by atoms with Gasteiger partial charge in [0, 0.05) is 12.8 Å². The first-order valence-electron chi connectivity index (χ1n) is 5.94. The van der Waals surface area contributed by atoms with Crippen LogP contribution in [0.1, 0.15) is 21.9 Å². The van der Waals surface area contributed by atoms with Crippen LogP contribution in [0.25, 0.3) is 0 Å². The van der Waals surface area contributed by atoms with Crippen molar-refractivity contribution in [2.75, 3.05) is 7.11 Å². The summed E-state index contributed by atoms with van der Waals surface area (Å²) in [7, 11) is 3.18. The van der Waals surface area contributed by atoms with Crippen molar-refractivity contribution in [3.63, 3.8) is 0 Å². The number of methoxy groups -OCH3 is 1. The van der Waals surface area contributed by atoms with Crippen molar-refractivity contribution in [1.29, 1.82) is 0 Å². The van der Waals surface area contributed by atoms with Gasteiger partial charge in [-0.2, -0.15) is 0 Å². The Kier molecular flexibility index (Phi) is 4.75. The predicted molar refractivity (Wildman–Crippen MR) is 74.3 cm³/mol. The number of carbonyl (C=O) groups is 1. The Morgan fingerprint density at radius 2 is 2.30 bits per heavy atom. The molecule has 0 fully saturated rings. The number of thioether (sulfide) groups is 1. The number of carbonyl (C=O) groups excluding carboxylic acids is 1. The molecule has 0 aliphatic heterocycles. The number of aliphatic hydroxyl groups is 1. The van der Waals surface area contributed by atoms with Crippen LogP contribution in [0, 0.1) is 0 Å². The minimum atomic E-state index is -0.448. The predicted octanol–water partition coefficient (Wildman–Crippen LogP) is 1.39. The molecular formula is C13H15N3O3S. The Balaban J connectivity index is 2.07. The number of aliphatic hydroxyl groups excluding tert-OH is 1. The van der Waals surface area contributed by atoms with Crippen molar-refractivity contribution in [3.05, 3.63) is 41.5 Å². The Morgan fingerprint density at radius 1 is 1.50 bits per heavy atom. The van der Waals surface area contributed by atoms with E-state index >= 15 is 0 Å². The molecular weight excluding hydrogens is 278 g/mol. The number of hydrogen-bond acceptors (Lipinski definition) is 6. The lowest BCUT2D eigenvalue weighted by Gasteiger charge is -2.05. The Bertz CT molecular complexity index is 613. The quantitative estimate of drug-likeness (QED) is 0.663. The highest BCUT2D eigenvalue weighted by atomic mass is 32.2. The number of ether oxygens (including phenoxy) is 1. The molecule has 106 valence electrons. The second-order valence-corrected chi connectivity index (χ2v) is 4.99. The van der Waals surface area contributed by atoms with Crippen LogP contribution in [0.5, 0.6) is 0 Å². The number of hydrogen-bond donors (Lipinski definition) is 1. The third kappa shape index (κ3) is 3.17. The van der Waals surface area contributed by atoms with Gasteiger partial charge in [-0.1, -0.05) is 17.8 Å². The van der Waals surface area contributed by atoms with Crippen LogP contribution in [-0.2, 0) is 24.1 Å². The van der Waals surface area contributed by atoms with Gasteiger partial charge < -0.3 is 14.4 Å². The Labute approximate surface area is 120 Å². The minimum Gasteiger partial charge on any atom is -0.464 e. The Hall–Kier alpha value is -1.86. The number of esters is 1. The molecule has 0 bridgehead atoms. The summed E-state index contributed by atoms with van der Waals surface area (Å²) in [5.74, 6) is 0.136. The molecule has 0 aliphatic carbocycles. The SMILES string of the molecule is COC(=O)c1cccc(CSc2ncc(CO)n2C)n1. The molecule has 20 heavy (non-hydrogen) atoms. The van der Waals surface area contributed by atoms with E-state index in [0.29, 0.717) is 11.4 Å². The first-order valence-corrected chi connectivity index (χ1v) is 6.92. The molecule has 0 atom stereocenters. The van der Waals surface area contributed by atoms with Gasteiger partial charge in [-0.3, -0.25) is 0 Å². The molecule has 2 heterocycles. The van der Waals surface area contributed by atoms with Crippen LogP contribution >= 0.6 is 11.8 Å². The van der Waals surface area contributed by atoms with Gasteiger partial charge in [0.1, 0.15) is 5.69 Å². The van der Waals surface area contributed by atoms with E-state index in [1.807, 2.05) is 17.7 Å². The highest BCUT2D eigenvalue weighted by Crippen LogP contribution is 2.21. The topological polar surface area (TPSA) is 77.2 Å². The molecule has 6 nitrogen and oxygen atoms in total. The average molecular weight is 293 g/mol. The lowest BCUT2D eigenvalue weighted by molar-refractivity contribution is 0.0594. The smallest absolute Gasteiger partial charge is 0.356 e. The van der Waals surface area contributed by atoms with Crippen molar-refractivity contribution in [2.24, 2.45) is 7.05 Å². The molecule has 0 unspecified atom stereocenters. The van der Waals surface area contributed by atoms with Gasteiger partial charge in [-0.15, -0.1) is 0 Å². The van der Waals surface area contributed by atoms with Crippen molar-refractivity contribution in [1.82, 2.24) is 14.5 Å². The summed E-state index contributed by atoms with van der Waals surface area (Å²) < 4.78 is 6.47. The van der Waals surface area contributed by atoms with Crippen LogP contribution in [0.3, 0.4) is 0 Å². The van der Waals surface area contributed by atoms with Crippen LogP contribution < -0.4 is 0 Å². The molecule has 2 aromatic heterocycles. The maximum absolute atomic E-state index is 11.4. The molecule has 2 aromatic rings. The molecule has 1 N–H and O–H groups in total. The summed E-state index contributed by atoms with van der Waals surface area (Å²) in [5.41, 5.74) is 1.82. The fourth-order valence-corrected chi connectivity index (χ4v) is 2.50. The third-order valence-electron chi connectivity index (χ3n) is 2.75. The van der Waals surface area contributed by atoms with E-state index in [9.17, 15) is 4.79 Å². The number of aromatic nitrogens is 3. The zero-order valence-corrected chi connectivity index (χ0v) is 12.1. The van der Waals surface area contributed by atoms with E-state index in [2.05, 4.69) is 14.7 Å². The van der Waals surface area contributed by atoms with E-state index in [1.165, 1.54) is 18.9 Å². The van der Waals surface area contributed by atoms with Crippen molar-refractivity contribution < 1.29 is 14.6 Å². The molecule has 2 rings (SSSR count). The normalized spacial score (nSPS) is 10.6. The van der Waals surface area contributed by atoms with E-state index < -0.39 is 5.97 Å². The summed E-state index contributed by atoms with van der Waals surface area (Å²) in [6, 6.07) is 5.23. The zero-order chi connectivity index (χ0) is 14.5. The fraction of sp³-hybridized carbons (Fsp3) is 0.308. The van der Waals surface area contributed by atoms with Crippen LogP contribution in [0.15, 0.2) is 29.6 Å². The number of pyridine rings is 1. The molecule has 0 aliphatic rings. The van der Waals surface area contributed by atoms with Gasteiger partial charge in [0.25, 0.3) is 0 Å². The Morgan fingerprint density at radius 3 is 2.95 bits per heavy atom. The van der Waals surface area contributed by atoms with Crippen molar-refractivity contribution in [3.8, 4) is 0 Å². The first kappa shape index (κ1) is 14.5. The van der Waals surface area contributed by atoms with E-state index in [1.54, 1.807) is 18.3 Å². The number of imidazole rings is 1. The van der Waals surface area contributed by atoms with Crippen molar-refractivity contribution >= 4 is 17.7 Å². The number of nitrogens with zero attached hydrogens (tertiary/aromatic N) is 3. The monoisotopic (exact) mass is 293 g/mol. The van der Waals surface area contributed by atoms with Crippen molar-refractivity contribution in [2.45, 2.75) is 17.5 Å². The second kappa shape index (κ2) is 6.53. The molecule has 7 heteroatoms. The molecule has 0 radical (unpaired) electrons. The summed E-state index contributed by atoms with van der Waals surface area (Å²) in [5, 5.41) is 9.90. The minimum absolute atomic E-state index is 0.0415. The van der Waals surface area contributed by atoms with Gasteiger partial charge in [0.05, 0.1) is 31.3 Å². The first-order chi connectivity index (χ1) is 9.65. The van der Waals surface area contributed by atoms with E-state index in [-0.39, 0.29) is 6.61 Å². The van der Waals surface area contributed by atoms with Gasteiger partial charge in [0.15, 0.2) is 5.16 Å². The van der Waals surface area contributed by atoms with E-state index in [0.717, 1.165) is 16.5 Å². The van der Waals surface area contributed by atoms with Gasteiger partial charge in [-0.25, -0.2) is 14.8 Å². The maximum Gasteiger partial charge on any atom is 0.356 e. The summed E-state index contributed by atoms with van der Waals surface area (Å²) >= 11 is 1.49. The molecule has 0 aromatic carbocycles. The van der Waals surface area contributed by atoms with Gasteiger partial charge >= 0.3 is 5.97 Å². The largest absolute Gasteiger partial charge is 0.464 e. The second-order valence-electron chi connectivity index (χ2n) is 4.04. The molecule has 0 amide bonds. The highest BCUT2D eigenvalue weighted by Gasteiger charge is 2.10. The lowest BCUT2D eigenvalue weighted by Crippen LogP contribution is -2.05. The fourth-order valence-electron chi connectivity index (χ4n) is 1.62. The zero-order valence-electron chi connectivity index (χ0n) is 11.2. The van der Waals surface area contributed by atoms with Crippen LogP contribution in [0.4, 0.5) is 0 Å². The number of rotatable bonds is 5. The lowest BCUT2D eigenvalue weighted by atomic mass is 10.3. The summed E-state index contributed by atoms with van der Waals surface area (Å²) in [6.07, 6.45) is 1.64.